The molecule has 5 nitrogen and oxygen atoms in total. The summed E-state index contributed by atoms with van der Waals surface area (Å²) in [6.45, 7) is 2.37. The minimum Gasteiger partial charge on any atom is -0.481 e. The van der Waals surface area contributed by atoms with Crippen LogP contribution in [0.1, 0.15) is 71.1 Å². The van der Waals surface area contributed by atoms with Crippen molar-refractivity contribution in [2.24, 2.45) is 0 Å². The fourth-order valence-electron chi connectivity index (χ4n) is 1.96. The van der Waals surface area contributed by atoms with Gasteiger partial charge in [0.15, 0.2) is 0 Å². The first kappa shape index (κ1) is 19.6. The van der Waals surface area contributed by atoms with E-state index < -0.39 is 11.9 Å². The van der Waals surface area contributed by atoms with E-state index in [4.69, 9.17) is 5.11 Å². The second-order valence-electron chi connectivity index (χ2n) is 5.27. The number of carbonyl (C=O) groups is 2. The standard InChI is InChI=1S/C16H29NO4/c1-2-3-4-5-6-7-8-9-12-15(18)17(21)14-11-10-13-16(19)20/h9,12,21H,2-8,10-11,13-14H2,1H3,(H,19,20). The van der Waals surface area contributed by atoms with E-state index in [1.54, 1.807) is 6.08 Å². The minimum atomic E-state index is -0.857. The molecule has 0 spiro atoms. The van der Waals surface area contributed by atoms with E-state index in [9.17, 15) is 14.8 Å². The number of carboxylic acid groups (broad SMARTS) is 1. The highest BCUT2D eigenvalue weighted by atomic mass is 16.5. The summed E-state index contributed by atoms with van der Waals surface area (Å²) >= 11 is 0. The van der Waals surface area contributed by atoms with Gasteiger partial charge in [0.25, 0.3) is 5.91 Å². The van der Waals surface area contributed by atoms with Gasteiger partial charge in [0.1, 0.15) is 0 Å². The number of hydroxylamine groups is 2. The summed E-state index contributed by atoms with van der Waals surface area (Å²) in [6.07, 6.45) is 12.3. The summed E-state index contributed by atoms with van der Waals surface area (Å²) < 4.78 is 0. The summed E-state index contributed by atoms with van der Waals surface area (Å²) in [5.74, 6) is -1.29. The normalized spacial score (nSPS) is 11.0. The molecule has 0 fully saturated rings. The number of aliphatic carboxylic acids is 1. The molecule has 5 heteroatoms. The number of hydrogen-bond acceptors (Lipinski definition) is 3. The van der Waals surface area contributed by atoms with E-state index in [1.165, 1.54) is 38.2 Å². The second-order valence-corrected chi connectivity index (χ2v) is 5.27. The number of carbonyl (C=O) groups excluding carboxylic acids is 1. The molecule has 2 N–H and O–H groups in total. The molecule has 0 aromatic carbocycles. The van der Waals surface area contributed by atoms with E-state index in [1.807, 2.05) is 0 Å². The third kappa shape index (κ3) is 13.4. The number of nitrogens with zero attached hydrogens (tertiary/aromatic N) is 1. The van der Waals surface area contributed by atoms with Crippen molar-refractivity contribution in [2.45, 2.75) is 71.1 Å². The Hall–Kier alpha value is -1.36. The fourth-order valence-corrected chi connectivity index (χ4v) is 1.96. The van der Waals surface area contributed by atoms with Crippen LogP contribution in [0, 0.1) is 0 Å². The lowest BCUT2D eigenvalue weighted by molar-refractivity contribution is -0.159. The average Bonchev–Trinajstić information content (AvgIpc) is 2.45. The van der Waals surface area contributed by atoms with Gasteiger partial charge in [-0.25, -0.2) is 5.06 Å². The lowest BCUT2D eigenvalue weighted by Crippen LogP contribution is -2.26. The van der Waals surface area contributed by atoms with E-state index in [0.29, 0.717) is 17.9 Å². The molecule has 0 radical (unpaired) electrons. The van der Waals surface area contributed by atoms with Crippen molar-refractivity contribution in [1.29, 1.82) is 0 Å². The van der Waals surface area contributed by atoms with Crippen LogP contribution in [-0.4, -0.2) is 33.8 Å². The van der Waals surface area contributed by atoms with Crippen LogP contribution in [0.4, 0.5) is 0 Å². The Balaban J connectivity index is 3.57. The van der Waals surface area contributed by atoms with Crippen LogP contribution in [0.2, 0.25) is 0 Å². The van der Waals surface area contributed by atoms with E-state index in [0.717, 1.165) is 12.8 Å². The van der Waals surface area contributed by atoms with Crippen LogP contribution in [0.25, 0.3) is 0 Å². The maximum absolute atomic E-state index is 11.5. The van der Waals surface area contributed by atoms with E-state index >= 15 is 0 Å². The van der Waals surface area contributed by atoms with Crippen molar-refractivity contribution >= 4 is 11.9 Å². The Bertz CT molecular complexity index is 315. The number of amides is 1. The van der Waals surface area contributed by atoms with Crippen molar-refractivity contribution in [3.63, 3.8) is 0 Å². The lowest BCUT2D eigenvalue weighted by Gasteiger charge is -2.11. The van der Waals surface area contributed by atoms with Crippen LogP contribution >= 0.6 is 0 Å². The van der Waals surface area contributed by atoms with Crippen LogP contribution in [0.5, 0.6) is 0 Å². The molecule has 0 unspecified atom stereocenters. The van der Waals surface area contributed by atoms with Gasteiger partial charge in [-0.1, -0.05) is 45.1 Å². The molecule has 0 saturated carbocycles. The lowest BCUT2D eigenvalue weighted by atomic mass is 10.1. The second kappa shape index (κ2) is 13.6. The van der Waals surface area contributed by atoms with Crippen LogP contribution < -0.4 is 0 Å². The van der Waals surface area contributed by atoms with Crippen LogP contribution in [0.3, 0.4) is 0 Å². The first-order chi connectivity index (χ1) is 10.1. The highest BCUT2D eigenvalue weighted by molar-refractivity contribution is 5.86. The number of unbranched alkanes of at least 4 members (excludes halogenated alkanes) is 7. The molecule has 0 bridgehead atoms. The first-order valence-electron chi connectivity index (χ1n) is 7.96. The minimum absolute atomic E-state index is 0.0654. The monoisotopic (exact) mass is 299 g/mol. The smallest absolute Gasteiger partial charge is 0.303 e. The quantitative estimate of drug-likeness (QED) is 0.235. The Kier molecular flexibility index (Phi) is 12.7. The Labute approximate surface area is 127 Å². The molecule has 122 valence electrons. The molecule has 0 aliphatic heterocycles. The van der Waals surface area contributed by atoms with E-state index in [-0.39, 0.29) is 13.0 Å². The number of allylic oxidation sites excluding steroid dienone is 1. The van der Waals surface area contributed by atoms with E-state index in [2.05, 4.69) is 6.92 Å². The van der Waals surface area contributed by atoms with Gasteiger partial charge in [0, 0.05) is 19.0 Å². The maximum Gasteiger partial charge on any atom is 0.303 e. The predicted molar refractivity (Wildman–Crippen MR) is 82.1 cm³/mol. The molecular formula is C16H29NO4. The van der Waals surface area contributed by atoms with Crippen molar-refractivity contribution in [1.82, 2.24) is 5.06 Å². The fraction of sp³-hybridized carbons (Fsp3) is 0.750. The van der Waals surface area contributed by atoms with Gasteiger partial charge in [-0.15, -0.1) is 0 Å². The average molecular weight is 299 g/mol. The highest BCUT2D eigenvalue weighted by Gasteiger charge is 2.06. The molecule has 0 aromatic heterocycles. The van der Waals surface area contributed by atoms with Gasteiger partial charge in [0.2, 0.25) is 0 Å². The van der Waals surface area contributed by atoms with Gasteiger partial charge in [-0.2, -0.15) is 0 Å². The summed E-state index contributed by atoms with van der Waals surface area (Å²) in [6, 6.07) is 0. The van der Waals surface area contributed by atoms with Gasteiger partial charge in [-0.05, 0) is 25.7 Å². The van der Waals surface area contributed by atoms with Gasteiger partial charge in [0.05, 0.1) is 0 Å². The largest absolute Gasteiger partial charge is 0.481 e. The molecule has 0 rings (SSSR count). The number of carboxylic acids is 1. The topological polar surface area (TPSA) is 77.8 Å². The highest BCUT2D eigenvalue weighted by Crippen LogP contribution is 2.07. The number of hydrogen-bond donors (Lipinski definition) is 2. The molecule has 0 aromatic rings. The van der Waals surface area contributed by atoms with Crippen molar-refractivity contribution in [2.75, 3.05) is 6.54 Å². The SMILES string of the molecule is CCCCCCCCC=CC(=O)N(O)CCCCC(=O)O. The molecule has 0 heterocycles. The predicted octanol–water partition coefficient (Wildman–Crippen LogP) is 3.77. The van der Waals surface area contributed by atoms with Crippen LogP contribution in [0.15, 0.2) is 12.2 Å². The molecule has 0 aliphatic rings. The van der Waals surface area contributed by atoms with Crippen LogP contribution in [-0.2, 0) is 9.59 Å². The number of rotatable bonds is 13. The zero-order valence-electron chi connectivity index (χ0n) is 13.1. The summed E-state index contributed by atoms with van der Waals surface area (Å²) in [7, 11) is 0. The van der Waals surface area contributed by atoms with Crippen molar-refractivity contribution in [3.8, 4) is 0 Å². The van der Waals surface area contributed by atoms with Gasteiger partial charge in [-0.3, -0.25) is 14.8 Å². The first-order valence-corrected chi connectivity index (χ1v) is 7.96. The third-order valence-corrected chi connectivity index (χ3v) is 3.25. The third-order valence-electron chi connectivity index (χ3n) is 3.25. The van der Waals surface area contributed by atoms with Crippen molar-refractivity contribution in [3.05, 3.63) is 12.2 Å². The Morgan fingerprint density at radius 2 is 1.67 bits per heavy atom. The molecule has 21 heavy (non-hydrogen) atoms. The molecule has 0 aliphatic carbocycles. The maximum atomic E-state index is 11.5. The molecule has 1 amide bonds. The van der Waals surface area contributed by atoms with Gasteiger partial charge < -0.3 is 5.11 Å². The molecule has 0 saturated heterocycles. The molecular weight excluding hydrogens is 270 g/mol. The van der Waals surface area contributed by atoms with Gasteiger partial charge >= 0.3 is 5.97 Å². The van der Waals surface area contributed by atoms with Crippen molar-refractivity contribution < 1.29 is 19.9 Å². The molecule has 0 atom stereocenters. The summed E-state index contributed by atoms with van der Waals surface area (Å²) in [5.41, 5.74) is 0. The Morgan fingerprint density at radius 1 is 1.00 bits per heavy atom. The zero-order chi connectivity index (χ0) is 15.9. The Morgan fingerprint density at radius 3 is 2.33 bits per heavy atom. The summed E-state index contributed by atoms with van der Waals surface area (Å²) in [4.78, 5) is 21.8. The summed E-state index contributed by atoms with van der Waals surface area (Å²) in [5, 5.41) is 18.6. The zero-order valence-corrected chi connectivity index (χ0v) is 13.1.